The summed E-state index contributed by atoms with van der Waals surface area (Å²) in [5.74, 6) is -0.400. The van der Waals surface area contributed by atoms with Crippen LogP contribution in [0.15, 0.2) is 82.1 Å². The van der Waals surface area contributed by atoms with Gasteiger partial charge in [-0.1, -0.05) is 57.9 Å². The van der Waals surface area contributed by atoms with Gasteiger partial charge in [-0.15, -0.1) is 0 Å². The topological polar surface area (TPSA) is 102 Å². The van der Waals surface area contributed by atoms with Crippen LogP contribution in [-0.4, -0.2) is 57.3 Å². The molecule has 2 N–H and O–H groups in total. The van der Waals surface area contributed by atoms with Gasteiger partial charge < -0.3 is 15.5 Å². The van der Waals surface area contributed by atoms with E-state index in [0.29, 0.717) is 47.5 Å². The highest BCUT2D eigenvalue weighted by atomic mass is 79.9. The van der Waals surface area contributed by atoms with Crippen LogP contribution in [0.25, 0.3) is 10.9 Å². The van der Waals surface area contributed by atoms with E-state index in [1.807, 2.05) is 30.3 Å². The zero-order valence-corrected chi connectivity index (χ0v) is 24.9. The number of nitrogens with zero attached hydrogens (tertiary/aromatic N) is 4. The molecule has 2 amide bonds. The number of nitrogens with two attached hydrogens (primary N) is 1. The molecule has 1 saturated heterocycles. The molecule has 8 nitrogen and oxygen atoms in total. The second-order valence-electron chi connectivity index (χ2n) is 10.1. The van der Waals surface area contributed by atoms with Crippen LogP contribution in [0, 0.1) is 0 Å². The van der Waals surface area contributed by atoms with E-state index in [2.05, 4.69) is 15.9 Å². The van der Waals surface area contributed by atoms with Crippen molar-refractivity contribution in [1.29, 1.82) is 0 Å². The molecule has 0 bridgehead atoms. The Kier molecular flexibility index (Phi) is 9.17. The van der Waals surface area contributed by atoms with Crippen molar-refractivity contribution in [3.05, 3.63) is 110 Å². The number of benzene rings is 3. The summed E-state index contributed by atoms with van der Waals surface area (Å²) in [7, 11) is 0. The Morgan fingerprint density at radius 2 is 1.73 bits per heavy atom. The van der Waals surface area contributed by atoms with Crippen molar-refractivity contribution in [3.63, 3.8) is 0 Å². The number of likely N-dealkylation sites (tertiary alicyclic amines) is 1. The van der Waals surface area contributed by atoms with Crippen LogP contribution in [0.1, 0.15) is 47.1 Å². The maximum atomic E-state index is 14.4. The number of rotatable bonds is 9. The van der Waals surface area contributed by atoms with E-state index in [0.717, 1.165) is 22.9 Å². The van der Waals surface area contributed by atoms with Crippen LogP contribution in [0.5, 0.6) is 0 Å². The fourth-order valence-corrected chi connectivity index (χ4v) is 5.63. The molecule has 1 aliphatic rings. The molecule has 1 aromatic heterocycles. The molecule has 0 saturated carbocycles. The molecular formula is C31H31BrClN5O3. The Morgan fingerprint density at radius 3 is 2.41 bits per heavy atom. The van der Waals surface area contributed by atoms with Crippen molar-refractivity contribution in [3.8, 4) is 0 Å². The number of amides is 2. The molecule has 1 fully saturated rings. The Bertz CT molecular complexity index is 1600. The Morgan fingerprint density at radius 1 is 1.02 bits per heavy atom. The zero-order valence-electron chi connectivity index (χ0n) is 22.5. The summed E-state index contributed by atoms with van der Waals surface area (Å²) in [6, 6.07) is 20.3. The van der Waals surface area contributed by atoms with Gasteiger partial charge in [-0.25, -0.2) is 4.98 Å². The van der Waals surface area contributed by atoms with Crippen LogP contribution < -0.4 is 11.3 Å². The molecule has 0 spiro atoms. The van der Waals surface area contributed by atoms with E-state index < -0.39 is 6.04 Å². The number of fused-ring (bicyclic) bond motifs is 1. The highest BCUT2D eigenvalue weighted by molar-refractivity contribution is 9.10. The average molecular weight is 637 g/mol. The predicted octanol–water partition coefficient (Wildman–Crippen LogP) is 5.02. The first kappa shape index (κ1) is 29.0. The van der Waals surface area contributed by atoms with Gasteiger partial charge in [-0.2, -0.15) is 0 Å². The lowest BCUT2D eigenvalue weighted by Gasteiger charge is -2.34. The molecule has 1 atom stereocenters. The minimum absolute atomic E-state index is 0.182. The molecule has 0 aliphatic carbocycles. The summed E-state index contributed by atoms with van der Waals surface area (Å²) in [5, 5.41) is 0.804. The first-order chi connectivity index (χ1) is 19.9. The summed E-state index contributed by atoms with van der Waals surface area (Å²) in [4.78, 5) is 50.7. The number of hydrogen-bond donors (Lipinski definition) is 1. The maximum Gasteiger partial charge on any atom is 0.261 e. The third-order valence-electron chi connectivity index (χ3n) is 7.29. The van der Waals surface area contributed by atoms with Crippen LogP contribution >= 0.6 is 27.5 Å². The molecule has 4 aromatic rings. The first-order valence-corrected chi connectivity index (χ1v) is 14.8. The van der Waals surface area contributed by atoms with Crippen molar-refractivity contribution in [2.45, 2.75) is 31.8 Å². The second-order valence-corrected chi connectivity index (χ2v) is 11.4. The molecule has 5 rings (SSSR count). The minimum Gasteiger partial charge on any atom is -0.340 e. The summed E-state index contributed by atoms with van der Waals surface area (Å²) in [6.45, 7) is 1.88. The van der Waals surface area contributed by atoms with E-state index in [1.165, 1.54) is 9.47 Å². The second kappa shape index (κ2) is 13.0. The van der Waals surface area contributed by atoms with Crippen molar-refractivity contribution < 1.29 is 9.59 Å². The van der Waals surface area contributed by atoms with Gasteiger partial charge in [-0.05, 0) is 73.8 Å². The lowest BCUT2D eigenvalue weighted by atomic mass is 10.1. The SMILES string of the molecule is NCCCN(C(=O)c1ccc(Br)cc1)C(C(=O)N1CCCC1)c1nc2cc(Cl)ccc2c(=O)n1Cc1ccccc1. The van der Waals surface area contributed by atoms with Gasteiger partial charge in [-0.3, -0.25) is 19.0 Å². The van der Waals surface area contributed by atoms with E-state index in [4.69, 9.17) is 22.3 Å². The monoisotopic (exact) mass is 635 g/mol. The van der Waals surface area contributed by atoms with Gasteiger partial charge >= 0.3 is 0 Å². The normalized spacial score (nSPS) is 13.9. The molecule has 10 heteroatoms. The van der Waals surface area contributed by atoms with Crippen LogP contribution in [-0.2, 0) is 11.3 Å². The van der Waals surface area contributed by atoms with Crippen LogP contribution in [0.4, 0.5) is 0 Å². The van der Waals surface area contributed by atoms with E-state index in [-0.39, 0.29) is 36.3 Å². The van der Waals surface area contributed by atoms with E-state index in [9.17, 15) is 14.4 Å². The molecule has 0 radical (unpaired) electrons. The van der Waals surface area contributed by atoms with Gasteiger partial charge in [0.05, 0.1) is 17.4 Å². The number of halogens is 2. The van der Waals surface area contributed by atoms with E-state index in [1.54, 1.807) is 47.4 Å². The van der Waals surface area contributed by atoms with Crippen molar-refractivity contribution in [2.24, 2.45) is 5.73 Å². The number of aromatic nitrogens is 2. The van der Waals surface area contributed by atoms with Gasteiger partial charge in [0, 0.05) is 34.7 Å². The Balaban J connectivity index is 1.75. The summed E-state index contributed by atoms with van der Waals surface area (Å²) < 4.78 is 2.35. The lowest BCUT2D eigenvalue weighted by molar-refractivity contribution is -0.135. The maximum absolute atomic E-state index is 14.4. The molecule has 212 valence electrons. The van der Waals surface area contributed by atoms with Crippen molar-refractivity contribution in [2.75, 3.05) is 26.2 Å². The fourth-order valence-electron chi connectivity index (χ4n) is 5.20. The third-order valence-corrected chi connectivity index (χ3v) is 8.06. The number of carbonyl (C=O) groups excluding carboxylic acids is 2. The quantitative estimate of drug-likeness (QED) is 0.278. The minimum atomic E-state index is -1.14. The van der Waals surface area contributed by atoms with Gasteiger partial charge in [0.2, 0.25) is 0 Å². The first-order valence-electron chi connectivity index (χ1n) is 13.7. The molecule has 1 unspecified atom stereocenters. The third kappa shape index (κ3) is 6.37. The molecule has 1 aliphatic heterocycles. The summed E-state index contributed by atoms with van der Waals surface area (Å²) in [6.07, 6.45) is 2.22. The molecule has 3 aromatic carbocycles. The number of carbonyl (C=O) groups is 2. The molecule has 2 heterocycles. The lowest BCUT2D eigenvalue weighted by Crippen LogP contribution is -2.48. The van der Waals surface area contributed by atoms with Gasteiger partial charge in [0.25, 0.3) is 17.4 Å². The highest BCUT2D eigenvalue weighted by Gasteiger charge is 2.39. The average Bonchev–Trinajstić information content (AvgIpc) is 3.52. The zero-order chi connectivity index (χ0) is 28.9. The largest absolute Gasteiger partial charge is 0.340 e. The Labute approximate surface area is 251 Å². The van der Waals surface area contributed by atoms with Crippen molar-refractivity contribution in [1.82, 2.24) is 19.4 Å². The number of hydrogen-bond acceptors (Lipinski definition) is 5. The predicted molar refractivity (Wildman–Crippen MR) is 164 cm³/mol. The fraction of sp³-hybridized carbons (Fsp3) is 0.290. The van der Waals surface area contributed by atoms with Gasteiger partial charge in [0.1, 0.15) is 5.82 Å². The van der Waals surface area contributed by atoms with Crippen LogP contribution in [0.3, 0.4) is 0 Å². The van der Waals surface area contributed by atoms with E-state index >= 15 is 0 Å². The summed E-state index contributed by atoms with van der Waals surface area (Å²) in [5.41, 5.74) is 7.25. The van der Waals surface area contributed by atoms with Gasteiger partial charge in [0.15, 0.2) is 6.04 Å². The van der Waals surface area contributed by atoms with Crippen molar-refractivity contribution >= 4 is 50.2 Å². The molecule has 41 heavy (non-hydrogen) atoms. The summed E-state index contributed by atoms with van der Waals surface area (Å²) >= 11 is 9.73. The smallest absolute Gasteiger partial charge is 0.261 e. The Hall–Kier alpha value is -3.53. The highest BCUT2D eigenvalue weighted by Crippen LogP contribution is 2.28. The molecular weight excluding hydrogens is 606 g/mol. The standard InChI is InChI=1S/C31H31BrClN5O3/c32-23-11-9-22(10-12-23)29(39)37(18-6-15-34)27(31(41)36-16-4-5-17-36)28-35-26-19-24(33)13-14-25(26)30(40)38(28)20-21-7-2-1-3-8-21/h1-3,7-14,19,27H,4-6,15-18,20,34H2. The van der Waals surface area contributed by atoms with Crippen LogP contribution in [0.2, 0.25) is 5.02 Å².